The standard InChI is InChI=1S/C15H13ClN2O/c16-13-7-8-17-9-12(13)15(19)18-14-6-5-10-3-1-2-4-11(10)14/h1-4,7-9,14H,5-6H2,(H,18,19). The van der Waals surface area contributed by atoms with Crippen LogP contribution in [0.15, 0.2) is 42.7 Å². The normalized spacial score (nSPS) is 17.0. The van der Waals surface area contributed by atoms with Crippen LogP contribution in [0.5, 0.6) is 0 Å². The lowest BCUT2D eigenvalue weighted by Gasteiger charge is -2.14. The maximum absolute atomic E-state index is 12.2. The van der Waals surface area contributed by atoms with Gasteiger partial charge in [-0.3, -0.25) is 9.78 Å². The van der Waals surface area contributed by atoms with Crippen LogP contribution in [0.2, 0.25) is 5.02 Å². The van der Waals surface area contributed by atoms with Crippen LogP contribution in [0.4, 0.5) is 0 Å². The Labute approximate surface area is 116 Å². The lowest BCUT2D eigenvalue weighted by atomic mass is 10.1. The number of aromatic nitrogens is 1. The van der Waals surface area contributed by atoms with Crippen LogP contribution in [0.3, 0.4) is 0 Å². The molecule has 1 unspecified atom stereocenters. The van der Waals surface area contributed by atoms with E-state index in [1.54, 1.807) is 12.3 Å². The van der Waals surface area contributed by atoms with E-state index in [0.29, 0.717) is 10.6 Å². The van der Waals surface area contributed by atoms with E-state index in [9.17, 15) is 4.79 Å². The van der Waals surface area contributed by atoms with E-state index in [-0.39, 0.29) is 11.9 Å². The van der Waals surface area contributed by atoms with Gasteiger partial charge in [-0.25, -0.2) is 0 Å². The van der Waals surface area contributed by atoms with Crippen molar-refractivity contribution in [3.05, 3.63) is 64.4 Å². The molecule has 2 aromatic rings. The number of pyridine rings is 1. The molecular weight excluding hydrogens is 260 g/mol. The van der Waals surface area contributed by atoms with E-state index in [1.165, 1.54) is 17.3 Å². The van der Waals surface area contributed by atoms with E-state index in [4.69, 9.17) is 11.6 Å². The monoisotopic (exact) mass is 272 g/mol. The molecule has 0 saturated heterocycles. The number of carbonyl (C=O) groups excluding carboxylic acids is 1. The highest BCUT2D eigenvalue weighted by Gasteiger charge is 2.24. The van der Waals surface area contributed by atoms with Gasteiger partial charge < -0.3 is 5.32 Å². The van der Waals surface area contributed by atoms with E-state index in [2.05, 4.69) is 22.4 Å². The van der Waals surface area contributed by atoms with Gasteiger partial charge in [0.15, 0.2) is 0 Å². The molecule has 1 amide bonds. The van der Waals surface area contributed by atoms with E-state index in [0.717, 1.165) is 12.8 Å². The second-order valence-corrected chi connectivity index (χ2v) is 5.03. The third kappa shape index (κ3) is 2.34. The summed E-state index contributed by atoms with van der Waals surface area (Å²) in [7, 11) is 0. The molecule has 1 heterocycles. The van der Waals surface area contributed by atoms with Gasteiger partial charge in [0.2, 0.25) is 0 Å². The highest BCUT2D eigenvalue weighted by Crippen LogP contribution is 2.31. The Kier molecular flexibility index (Phi) is 3.22. The topological polar surface area (TPSA) is 42.0 Å². The number of rotatable bonds is 2. The van der Waals surface area contributed by atoms with Crippen LogP contribution in [-0.4, -0.2) is 10.9 Å². The summed E-state index contributed by atoms with van der Waals surface area (Å²) >= 11 is 6.00. The molecule has 4 heteroatoms. The summed E-state index contributed by atoms with van der Waals surface area (Å²) in [5.41, 5.74) is 2.94. The summed E-state index contributed by atoms with van der Waals surface area (Å²) in [5, 5.41) is 3.46. The highest BCUT2D eigenvalue weighted by atomic mass is 35.5. The number of nitrogens with zero attached hydrogens (tertiary/aromatic N) is 1. The van der Waals surface area contributed by atoms with Crippen molar-refractivity contribution in [2.45, 2.75) is 18.9 Å². The van der Waals surface area contributed by atoms with Crippen LogP contribution in [0.1, 0.15) is 33.9 Å². The fourth-order valence-corrected chi connectivity index (χ4v) is 2.68. The van der Waals surface area contributed by atoms with E-state index < -0.39 is 0 Å². The number of amides is 1. The van der Waals surface area contributed by atoms with Gasteiger partial charge >= 0.3 is 0 Å². The molecule has 96 valence electrons. The third-order valence-corrected chi connectivity index (χ3v) is 3.78. The minimum absolute atomic E-state index is 0.0694. The summed E-state index contributed by atoms with van der Waals surface area (Å²) < 4.78 is 0. The zero-order valence-electron chi connectivity index (χ0n) is 10.3. The molecule has 1 atom stereocenters. The quantitative estimate of drug-likeness (QED) is 0.912. The van der Waals surface area contributed by atoms with Gasteiger partial charge in [-0.05, 0) is 30.0 Å². The lowest BCUT2D eigenvalue weighted by Crippen LogP contribution is -2.27. The molecule has 3 rings (SSSR count). The smallest absolute Gasteiger partial charge is 0.254 e. The summed E-state index contributed by atoms with van der Waals surface area (Å²) in [6.07, 6.45) is 5.01. The van der Waals surface area contributed by atoms with Crippen molar-refractivity contribution in [3.8, 4) is 0 Å². The van der Waals surface area contributed by atoms with Gasteiger partial charge in [0, 0.05) is 12.4 Å². The Balaban J connectivity index is 1.81. The molecule has 1 aliphatic rings. The zero-order chi connectivity index (χ0) is 13.2. The fraction of sp³-hybridized carbons (Fsp3) is 0.200. The number of nitrogens with one attached hydrogen (secondary N) is 1. The Morgan fingerprint density at radius 2 is 2.16 bits per heavy atom. The van der Waals surface area contributed by atoms with Crippen molar-refractivity contribution in [2.24, 2.45) is 0 Å². The fourth-order valence-electron chi connectivity index (χ4n) is 2.49. The SMILES string of the molecule is O=C(NC1CCc2ccccc21)c1cnccc1Cl. The van der Waals surface area contributed by atoms with E-state index >= 15 is 0 Å². The van der Waals surface area contributed by atoms with Crippen LogP contribution >= 0.6 is 11.6 Å². The van der Waals surface area contributed by atoms with Crippen molar-refractivity contribution in [1.29, 1.82) is 0 Å². The Hall–Kier alpha value is -1.87. The summed E-state index contributed by atoms with van der Waals surface area (Å²) in [6, 6.07) is 9.90. The van der Waals surface area contributed by atoms with Crippen molar-refractivity contribution >= 4 is 17.5 Å². The maximum Gasteiger partial charge on any atom is 0.254 e. The number of aryl methyl sites for hydroxylation is 1. The van der Waals surface area contributed by atoms with Gasteiger partial charge in [0.1, 0.15) is 0 Å². The Morgan fingerprint density at radius 1 is 1.32 bits per heavy atom. The van der Waals surface area contributed by atoms with Crippen LogP contribution in [0.25, 0.3) is 0 Å². The van der Waals surface area contributed by atoms with Crippen LogP contribution in [0, 0.1) is 0 Å². The molecule has 1 aromatic carbocycles. The van der Waals surface area contributed by atoms with Crippen molar-refractivity contribution in [3.63, 3.8) is 0 Å². The summed E-state index contributed by atoms with van der Waals surface area (Å²) in [4.78, 5) is 16.1. The average Bonchev–Trinajstić information content (AvgIpc) is 2.83. The third-order valence-electron chi connectivity index (χ3n) is 3.45. The van der Waals surface area contributed by atoms with Gasteiger partial charge in [-0.1, -0.05) is 35.9 Å². The molecule has 1 N–H and O–H groups in total. The molecule has 0 aliphatic heterocycles. The maximum atomic E-state index is 12.2. The lowest BCUT2D eigenvalue weighted by molar-refractivity contribution is 0.0936. The molecule has 19 heavy (non-hydrogen) atoms. The minimum atomic E-state index is -0.167. The summed E-state index contributed by atoms with van der Waals surface area (Å²) in [5.74, 6) is -0.167. The molecule has 0 radical (unpaired) electrons. The predicted octanol–water partition coefficient (Wildman–Crippen LogP) is 3.15. The molecule has 3 nitrogen and oxygen atoms in total. The van der Waals surface area contributed by atoms with Crippen LogP contribution < -0.4 is 5.32 Å². The zero-order valence-corrected chi connectivity index (χ0v) is 11.0. The molecule has 0 spiro atoms. The first-order valence-electron chi connectivity index (χ1n) is 6.24. The first-order chi connectivity index (χ1) is 9.25. The largest absolute Gasteiger partial charge is 0.345 e. The second kappa shape index (κ2) is 5.02. The van der Waals surface area contributed by atoms with Gasteiger partial charge in [0.05, 0.1) is 16.6 Å². The average molecular weight is 273 g/mol. The molecule has 0 fully saturated rings. The van der Waals surface area contributed by atoms with Gasteiger partial charge in [-0.15, -0.1) is 0 Å². The Bertz CT molecular complexity index is 627. The number of carbonyl (C=O) groups is 1. The van der Waals surface area contributed by atoms with Crippen molar-refractivity contribution < 1.29 is 4.79 Å². The first-order valence-corrected chi connectivity index (χ1v) is 6.61. The van der Waals surface area contributed by atoms with Gasteiger partial charge in [-0.2, -0.15) is 0 Å². The predicted molar refractivity (Wildman–Crippen MR) is 74.2 cm³/mol. The van der Waals surface area contributed by atoms with Crippen molar-refractivity contribution in [2.75, 3.05) is 0 Å². The number of halogens is 1. The molecule has 0 saturated carbocycles. The first kappa shape index (κ1) is 12.2. The second-order valence-electron chi connectivity index (χ2n) is 4.62. The van der Waals surface area contributed by atoms with Crippen LogP contribution in [-0.2, 0) is 6.42 Å². The molecule has 1 aromatic heterocycles. The van der Waals surface area contributed by atoms with E-state index in [1.807, 2.05) is 12.1 Å². The number of hydrogen-bond donors (Lipinski definition) is 1. The number of fused-ring (bicyclic) bond motifs is 1. The Morgan fingerprint density at radius 3 is 3.00 bits per heavy atom. The molecule has 0 bridgehead atoms. The number of benzene rings is 1. The molecule has 1 aliphatic carbocycles. The highest BCUT2D eigenvalue weighted by molar-refractivity contribution is 6.33. The minimum Gasteiger partial charge on any atom is -0.345 e. The molecular formula is C15H13ClN2O. The number of hydrogen-bond acceptors (Lipinski definition) is 2. The van der Waals surface area contributed by atoms with Crippen molar-refractivity contribution in [1.82, 2.24) is 10.3 Å². The van der Waals surface area contributed by atoms with Gasteiger partial charge in [0.25, 0.3) is 5.91 Å². The summed E-state index contributed by atoms with van der Waals surface area (Å²) in [6.45, 7) is 0.